The van der Waals surface area contributed by atoms with Gasteiger partial charge in [0.25, 0.3) is 0 Å². The maximum Gasteiger partial charge on any atom is 0.242 e. The van der Waals surface area contributed by atoms with Crippen molar-refractivity contribution >= 4 is 10.0 Å². The average Bonchev–Trinajstić information content (AvgIpc) is 3.35. The lowest BCUT2D eigenvalue weighted by molar-refractivity contribution is 0.329. The summed E-state index contributed by atoms with van der Waals surface area (Å²) in [5.41, 5.74) is 6.61. The standard InChI is InChI=1S/C14H24N4O2S/c1-17(11-2-3-11)7-6-16-21(19,20)14-8-13(9-15)18(10-14)12-4-5-12/h8,10-12,16H,2-7,9,15H2,1H3. The van der Waals surface area contributed by atoms with Crippen LogP contribution in [0, 0.1) is 0 Å². The van der Waals surface area contributed by atoms with Crippen LogP contribution in [-0.2, 0) is 16.6 Å². The largest absolute Gasteiger partial charge is 0.346 e. The predicted octanol–water partition coefficient (Wildman–Crippen LogP) is 0.654. The number of aromatic nitrogens is 1. The molecule has 2 aliphatic carbocycles. The Morgan fingerprint density at radius 2 is 2.10 bits per heavy atom. The third kappa shape index (κ3) is 3.48. The van der Waals surface area contributed by atoms with Crippen molar-refractivity contribution in [1.82, 2.24) is 14.2 Å². The number of hydrogen-bond donors (Lipinski definition) is 2. The van der Waals surface area contributed by atoms with Crippen LogP contribution in [0.25, 0.3) is 0 Å². The number of nitrogens with two attached hydrogens (primary N) is 1. The van der Waals surface area contributed by atoms with Gasteiger partial charge in [-0.25, -0.2) is 13.1 Å². The number of rotatable bonds is 8. The first kappa shape index (κ1) is 15.0. The summed E-state index contributed by atoms with van der Waals surface area (Å²) < 4.78 is 29.4. The second kappa shape index (κ2) is 5.72. The summed E-state index contributed by atoms with van der Waals surface area (Å²) in [5.74, 6) is 0. The van der Waals surface area contributed by atoms with E-state index in [1.807, 2.05) is 11.6 Å². The van der Waals surface area contributed by atoms with Crippen molar-refractivity contribution in [1.29, 1.82) is 0 Å². The number of sulfonamides is 1. The highest BCUT2D eigenvalue weighted by atomic mass is 32.2. The van der Waals surface area contributed by atoms with Crippen molar-refractivity contribution in [2.24, 2.45) is 5.73 Å². The zero-order valence-corrected chi connectivity index (χ0v) is 13.3. The van der Waals surface area contributed by atoms with Gasteiger partial charge in [0.05, 0.1) is 4.90 Å². The van der Waals surface area contributed by atoms with Gasteiger partial charge in [0.15, 0.2) is 0 Å². The molecule has 3 N–H and O–H groups in total. The third-order valence-electron chi connectivity index (χ3n) is 4.29. The minimum absolute atomic E-state index is 0.337. The van der Waals surface area contributed by atoms with Crippen molar-refractivity contribution in [3.05, 3.63) is 18.0 Å². The van der Waals surface area contributed by atoms with Crippen LogP contribution in [0.1, 0.15) is 37.4 Å². The van der Waals surface area contributed by atoms with Crippen molar-refractivity contribution in [2.45, 2.75) is 49.2 Å². The van der Waals surface area contributed by atoms with Gasteiger partial charge in [0.2, 0.25) is 10.0 Å². The first-order chi connectivity index (χ1) is 10.0. The van der Waals surface area contributed by atoms with Gasteiger partial charge in [-0.3, -0.25) is 0 Å². The summed E-state index contributed by atoms with van der Waals surface area (Å²) in [4.78, 5) is 2.55. The normalized spacial score (nSPS) is 19.4. The van der Waals surface area contributed by atoms with E-state index in [0.717, 1.165) is 25.1 Å². The molecule has 1 aromatic rings. The molecule has 0 atom stereocenters. The average molecular weight is 312 g/mol. The molecule has 0 spiro atoms. The Morgan fingerprint density at radius 1 is 1.38 bits per heavy atom. The lowest BCUT2D eigenvalue weighted by Crippen LogP contribution is -2.33. The summed E-state index contributed by atoms with van der Waals surface area (Å²) in [6, 6.07) is 2.79. The number of likely N-dealkylation sites (N-methyl/N-ethyl adjacent to an activating group) is 1. The highest BCUT2D eigenvalue weighted by molar-refractivity contribution is 7.89. The van der Waals surface area contributed by atoms with E-state index in [2.05, 4.69) is 9.62 Å². The number of nitrogens with zero attached hydrogens (tertiary/aromatic N) is 2. The highest BCUT2D eigenvalue weighted by Gasteiger charge is 2.28. The summed E-state index contributed by atoms with van der Waals surface area (Å²) in [7, 11) is -1.39. The van der Waals surface area contributed by atoms with E-state index in [4.69, 9.17) is 5.73 Å². The Kier molecular flexibility index (Phi) is 4.09. The monoisotopic (exact) mass is 312 g/mol. The summed E-state index contributed by atoms with van der Waals surface area (Å²) in [6.45, 7) is 1.56. The molecule has 3 rings (SSSR count). The van der Waals surface area contributed by atoms with Crippen molar-refractivity contribution in [3.63, 3.8) is 0 Å². The zero-order chi connectivity index (χ0) is 15.0. The van der Waals surface area contributed by atoms with Gasteiger partial charge in [-0.05, 0) is 38.8 Å². The molecule has 7 heteroatoms. The zero-order valence-electron chi connectivity index (χ0n) is 12.5. The highest BCUT2D eigenvalue weighted by Crippen LogP contribution is 2.37. The second-order valence-corrected chi connectivity index (χ2v) is 7.89. The van der Waals surface area contributed by atoms with E-state index in [0.29, 0.717) is 30.1 Å². The van der Waals surface area contributed by atoms with Crippen molar-refractivity contribution in [3.8, 4) is 0 Å². The van der Waals surface area contributed by atoms with E-state index in [1.165, 1.54) is 12.8 Å². The van der Waals surface area contributed by atoms with Gasteiger partial charge in [-0.15, -0.1) is 0 Å². The second-order valence-electron chi connectivity index (χ2n) is 6.12. The SMILES string of the molecule is CN(CCNS(=O)(=O)c1cc(CN)n(C2CC2)c1)C1CC1. The van der Waals surface area contributed by atoms with Crippen molar-refractivity contribution < 1.29 is 8.42 Å². The molecule has 2 saturated carbocycles. The maximum atomic E-state index is 12.3. The molecule has 0 radical (unpaired) electrons. The van der Waals surface area contributed by atoms with E-state index in [9.17, 15) is 8.42 Å². The quantitative estimate of drug-likeness (QED) is 0.739. The Hall–Kier alpha value is -0.890. The van der Waals surface area contributed by atoms with Crippen LogP contribution >= 0.6 is 0 Å². The van der Waals surface area contributed by atoms with Gasteiger partial charge in [-0.2, -0.15) is 0 Å². The van der Waals surface area contributed by atoms with Gasteiger partial charge in [-0.1, -0.05) is 0 Å². The van der Waals surface area contributed by atoms with Gasteiger partial charge >= 0.3 is 0 Å². The molecule has 0 aliphatic heterocycles. The molecule has 0 amide bonds. The van der Waals surface area contributed by atoms with Gasteiger partial charge in [0.1, 0.15) is 0 Å². The molecular weight excluding hydrogens is 288 g/mol. The smallest absolute Gasteiger partial charge is 0.242 e. The van der Waals surface area contributed by atoms with Gasteiger partial charge in [0, 0.05) is 43.6 Å². The van der Waals surface area contributed by atoms with Crippen LogP contribution in [0.15, 0.2) is 17.2 Å². The lowest BCUT2D eigenvalue weighted by atomic mass is 10.4. The van der Waals surface area contributed by atoms with Crippen LogP contribution < -0.4 is 10.5 Å². The van der Waals surface area contributed by atoms with E-state index in [1.54, 1.807) is 12.3 Å². The molecule has 1 heterocycles. The predicted molar refractivity (Wildman–Crippen MR) is 81.4 cm³/mol. The van der Waals surface area contributed by atoms with Crippen LogP contribution in [0.3, 0.4) is 0 Å². The lowest BCUT2D eigenvalue weighted by Gasteiger charge is -2.15. The fourth-order valence-corrected chi connectivity index (χ4v) is 3.71. The summed E-state index contributed by atoms with van der Waals surface area (Å²) in [6.07, 6.45) is 6.41. The van der Waals surface area contributed by atoms with E-state index >= 15 is 0 Å². The Balaban J connectivity index is 1.63. The topological polar surface area (TPSA) is 80.4 Å². The fourth-order valence-electron chi connectivity index (χ4n) is 2.64. The molecule has 21 heavy (non-hydrogen) atoms. The molecule has 0 bridgehead atoms. The van der Waals surface area contributed by atoms with Crippen LogP contribution in [-0.4, -0.2) is 44.1 Å². The Morgan fingerprint density at radius 3 is 2.67 bits per heavy atom. The minimum Gasteiger partial charge on any atom is -0.346 e. The molecule has 118 valence electrons. The number of nitrogens with one attached hydrogen (secondary N) is 1. The molecule has 0 unspecified atom stereocenters. The molecule has 2 aliphatic rings. The maximum absolute atomic E-state index is 12.3. The molecule has 2 fully saturated rings. The molecule has 6 nitrogen and oxygen atoms in total. The van der Waals surface area contributed by atoms with Crippen LogP contribution in [0.2, 0.25) is 0 Å². The summed E-state index contributed by atoms with van der Waals surface area (Å²) in [5, 5.41) is 0. The Labute approximate surface area is 126 Å². The fraction of sp³-hybridized carbons (Fsp3) is 0.714. The molecule has 0 aromatic carbocycles. The van der Waals surface area contributed by atoms with Crippen LogP contribution in [0.4, 0.5) is 0 Å². The molecular formula is C14H24N4O2S. The first-order valence-electron chi connectivity index (χ1n) is 7.62. The van der Waals surface area contributed by atoms with Gasteiger partial charge < -0.3 is 15.2 Å². The molecule has 0 saturated heterocycles. The van der Waals surface area contributed by atoms with E-state index < -0.39 is 10.0 Å². The molecule has 1 aromatic heterocycles. The Bertz CT molecular complexity index is 602. The van der Waals surface area contributed by atoms with Crippen LogP contribution in [0.5, 0.6) is 0 Å². The third-order valence-corrected chi connectivity index (χ3v) is 5.72. The number of hydrogen-bond acceptors (Lipinski definition) is 4. The minimum atomic E-state index is -3.43. The van der Waals surface area contributed by atoms with E-state index in [-0.39, 0.29) is 0 Å². The summed E-state index contributed by atoms with van der Waals surface area (Å²) >= 11 is 0. The van der Waals surface area contributed by atoms with Crippen molar-refractivity contribution in [2.75, 3.05) is 20.1 Å². The first-order valence-corrected chi connectivity index (χ1v) is 9.10.